The van der Waals surface area contributed by atoms with Gasteiger partial charge in [0, 0.05) is 6.07 Å². The van der Waals surface area contributed by atoms with Gasteiger partial charge in [0.2, 0.25) is 5.91 Å². The number of halogens is 2. The highest BCUT2D eigenvalue weighted by Gasteiger charge is 2.51. The van der Waals surface area contributed by atoms with Crippen LogP contribution in [-0.4, -0.2) is 19.0 Å². The standard InChI is InChI=1S/C18H15F2NO3/c1-24-16(22)12-9-15(14(20)10-13(12)19)21-17(23)18(7-8-18)11-5-3-2-4-6-11/h2-6,9-10H,7-8H2,1H3,(H,21,23). The Morgan fingerprint density at radius 2 is 1.75 bits per heavy atom. The van der Waals surface area contributed by atoms with E-state index in [1.54, 1.807) is 0 Å². The van der Waals surface area contributed by atoms with Crippen molar-refractivity contribution in [2.45, 2.75) is 18.3 Å². The number of hydrogen-bond acceptors (Lipinski definition) is 3. The second kappa shape index (κ2) is 6.03. The van der Waals surface area contributed by atoms with E-state index in [-0.39, 0.29) is 11.6 Å². The lowest BCUT2D eigenvalue weighted by Gasteiger charge is -2.16. The summed E-state index contributed by atoms with van der Waals surface area (Å²) in [5.41, 5.74) is -0.533. The number of anilines is 1. The zero-order valence-electron chi connectivity index (χ0n) is 12.9. The van der Waals surface area contributed by atoms with Crippen LogP contribution in [0.3, 0.4) is 0 Å². The van der Waals surface area contributed by atoms with Crippen LogP contribution < -0.4 is 5.32 Å². The Balaban J connectivity index is 1.89. The van der Waals surface area contributed by atoms with Crippen LogP contribution in [0.4, 0.5) is 14.5 Å². The molecule has 6 heteroatoms. The fourth-order valence-corrected chi connectivity index (χ4v) is 2.68. The first-order valence-electron chi connectivity index (χ1n) is 7.42. The zero-order chi connectivity index (χ0) is 17.3. The van der Waals surface area contributed by atoms with Crippen molar-refractivity contribution in [1.82, 2.24) is 0 Å². The lowest BCUT2D eigenvalue weighted by molar-refractivity contribution is -0.118. The smallest absolute Gasteiger partial charge is 0.340 e. The number of esters is 1. The molecule has 0 aliphatic heterocycles. The van der Waals surface area contributed by atoms with Crippen LogP contribution >= 0.6 is 0 Å². The minimum Gasteiger partial charge on any atom is -0.465 e. The maximum atomic E-state index is 14.0. The third-order valence-corrected chi connectivity index (χ3v) is 4.22. The highest BCUT2D eigenvalue weighted by atomic mass is 19.1. The molecule has 0 saturated heterocycles. The fourth-order valence-electron chi connectivity index (χ4n) is 2.68. The number of hydrogen-bond donors (Lipinski definition) is 1. The van der Waals surface area contributed by atoms with Gasteiger partial charge in [-0.05, 0) is 24.5 Å². The van der Waals surface area contributed by atoms with Crippen LogP contribution in [0.2, 0.25) is 0 Å². The molecule has 2 aromatic rings. The molecule has 4 nitrogen and oxygen atoms in total. The molecule has 124 valence electrons. The van der Waals surface area contributed by atoms with Gasteiger partial charge in [-0.2, -0.15) is 0 Å². The lowest BCUT2D eigenvalue weighted by Crippen LogP contribution is -2.28. The molecule has 24 heavy (non-hydrogen) atoms. The van der Waals surface area contributed by atoms with Gasteiger partial charge in [-0.1, -0.05) is 30.3 Å². The van der Waals surface area contributed by atoms with E-state index in [9.17, 15) is 18.4 Å². The predicted molar refractivity (Wildman–Crippen MR) is 83.7 cm³/mol. The lowest BCUT2D eigenvalue weighted by atomic mass is 9.95. The first-order valence-corrected chi connectivity index (χ1v) is 7.42. The van der Waals surface area contributed by atoms with Crippen molar-refractivity contribution < 1.29 is 23.1 Å². The Bertz CT molecular complexity index is 801. The fraction of sp³-hybridized carbons (Fsp3) is 0.222. The van der Waals surface area contributed by atoms with Gasteiger partial charge in [-0.25, -0.2) is 13.6 Å². The highest BCUT2D eigenvalue weighted by molar-refractivity contribution is 6.02. The first kappa shape index (κ1) is 16.1. The maximum Gasteiger partial charge on any atom is 0.340 e. The molecular weight excluding hydrogens is 316 g/mol. The normalized spacial score (nSPS) is 14.8. The molecule has 1 amide bonds. The topological polar surface area (TPSA) is 55.4 Å². The number of nitrogens with one attached hydrogen (secondary N) is 1. The van der Waals surface area contributed by atoms with Crippen LogP contribution in [0, 0.1) is 11.6 Å². The first-order chi connectivity index (χ1) is 11.5. The van der Waals surface area contributed by atoms with Crippen LogP contribution in [0.5, 0.6) is 0 Å². The Morgan fingerprint density at radius 1 is 1.08 bits per heavy atom. The summed E-state index contributed by atoms with van der Waals surface area (Å²) in [5, 5.41) is 2.47. The Morgan fingerprint density at radius 3 is 2.33 bits per heavy atom. The van der Waals surface area contributed by atoms with Gasteiger partial charge < -0.3 is 10.1 Å². The monoisotopic (exact) mass is 331 g/mol. The molecule has 1 saturated carbocycles. The molecule has 0 bridgehead atoms. The van der Waals surface area contributed by atoms with Crippen molar-refractivity contribution in [3.63, 3.8) is 0 Å². The van der Waals surface area contributed by atoms with Gasteiger partial charge in [-0.15, -0.1) is 0 Å². The largest absolute Gasteiger partial charge is 0.465 e. The summed E-state index contributed by atoms with van der Waals surface area (Å²) in [4.78, 5) is 24.1. The van der Waals surface area contributed by atoms with Gasteiger partial charge in [-0.3, -0.25) is 4.79 Å². The summed E-state index contributed by atoms with van der Waals surface area (Å²) in [6.45, 7) is 0. The van der Waals surface area contributed by atoms with E-state index in [4.69, 9.17) is 0 Å². The number of carbonyl (C=O) groups is 2. The molecular formula is C18H15F2NO3. The Hall–Kier alpha value is -2.76. The van der Waals surface area contributed by atoms with E-state index in [1.807, 2.05) is 30.3 Å². The van der Waals surface area contributed by atoms with E-state index < -0.39 is 28.6 Å². The van der Waals surface area contributed by atoms with Crippen molar-refractivity contribution in [2.75, 3.05) is 12.4 Å². The van der Waals surface area contributed by atoms with Crippen LogP contribution in [0.25, 0.3) is 0 Å². The summed E-state index contributed by atoms with van der Waals surface area (Å²) < 4.78 is 32.1. The second-order valence-corrected chi connectivity index (χ2v) is 5.71. The van der Waals surface area contributed by atoms with Gasteiger partial charge in [0.05, 0.1) is 23.8 Å². The second-order valence-electron chi connectivity index (χ2n) is 5.71. The van der Waals surface area contributed by atoms with E-state index in [0.717, 1.165) is 18.7 Å². The highest BCUT2D eigenvalue weighted by Crippen LogP contribution is 2.49. The summed E-state index contributed by atoms with van der Waals surface area (Å²) in [5.74, 6) is -3.30. The average molecular weight is 331 g/mol. The minimum absolute atomic E-state index is 0.246. The van der Waals surface area contributed by atoms with E-state index >= 15 is 0 Å². The molecule has 1 N–H and O–H groups in total. The van der Waals surface area contributed by atoms with Gasteiger partial charge in [0.25, 0.3) is 0 Å². The van der Waals surface area contributed by atoms with Crippen LogP contribution in [-0.2, 0) is 14.9 Å². The SMILES string of the molecule is COC(=O)c1cc(NC(=O)C2(c3ccccc3)CC2)c(F)cc1F. The van der Waals surface area contributed by atoms with E-state index in [1.165, 1.54) is 0 Å². The quantitative estimate of drug-likeness (QED) is 0.874. The van der Waals surface area contributed by atoms with Gasteiger partial charge >= 0.3 is 5.97 Å². The van der Waals surface area contributed by atoms with E-state index in [0.29, 0.717) is 18.9 Å². The molecule has 1 aliphatic carbocycles. The molecule has 0 aromatic heterocycles. The molecule has 0 atom stereocenters. The number of methoxy groups -OCH3 is 1. The number of rotatable bonds is 4. The average Bonchev–Trinajstić information content (AvgIpc) is 3.39. The molecule has 0 heterocycles. The molecule has 2 aromatic carbocycles. The van der Waals surface area contributed by atoms with Crippen LogP contribution in [0.15, 0.2) is 42.5 Å². The number of amides is 1. The molecule has 0 unspecified atom stereocenters. The van der Waals surface area contributed by atoms with Crippen LogP contribution in [0.1, 0.15) is 28.8 Å². The summed E-state index contributed by atoms with van der Waals surface area (Å²) in [6.07, 6.45) is 1.30. The van der Waals surface area contributed by atoms with Crippen molar-refractivity contribution in [3.8, 4) is 0 Å². The molecule has 0 spiro atoms. The minimum atomic E-state index is -1.04. The molecule has 0 radical (unpaired) electrons. The van der Waals surface area contributed by atoms with E-state index in [2.05, 4.69) is 10.1 Å². The third kappa shape index (κ3) is 2.75. The third-order valence-electron chi connectivity index (χ3n) is 4.22. The molecule has 3 rings (SSSR count). The summed E-state index contributed by atoms with van der Waals surface area (Å²) >= 11 is 0. The maximum absolute atomic E-state index is 14.0. The number of benzene rings is 2. The Labute approximate surface area is 137 Å². The van der Waals surface area contributed by atoms with Crippen molar-refractivity contribution in [3.05, 3.63) is 65.2 Å². The zero-order valence-corrected chi connectivity index (χ0v) is 12.9. The molecule has 1 aliphatic rings. The van der Waals surface area contributed by atoms with Gasteiger partial charge in [0.1, 0.15) is 11.6 Å². The van der Waals surface area contributed by atoms with Crippen molar-refractivity contribution in [2.24, 2.45) is 0 Å². The number of carbonyl (C=O) groups excluding carboxylic acids is 2. The summed E-state index contributed by atoms with van der Waals surface area (Å²) in [6, 6.07) is 10.7. The summed E-state index contributed by atoms with van der Waals surface area (Å²) in [7, 11) is 1.10. The Kier molecular flexibility index (Phi) is 4.05. The van der Waals surface area contributed by atoms with Crippen molar-refractivity contribution >= 4 is 17.6 Å². The molecule has 1 fully saturated rings. The van der Waals surface area contributed by atoms with Crippen molar-refractivity contribution in [1.29, 1.82) is 0 Å². The number of ether oxygens (including phenoxy) is 1. The predicted octanol–water partition coefficient (Wildman–Crippen LogP) is 3.42. The van der Waals surface area contributed by atoms with Gasteiger partial charge in [0.15, 0.2) is 0 Å².